The number of ether oxygens (including phenoxy) is 3. The molecule has 0 fully saturated rings. The highest BCUT2D eigenvalue weighted by atomic mass is 35.5. The van der Waals surface area contributed by atoms with Gasteiger partial charge >= 0.3 is 0 Å². The van der Waals surface area contributed by atoms with Crippen molar-refractivity contribution in [1.29, 1.82) is 0 Å². The van der Waals surface area contributed by atoms with Crippen LogP contribution in [0.3, 0.4) is 0 Å². The summed E-state index contributed by atoms with van der Waals surface area (Å²) in [6.07, 6.45) is 1.92. The molecule has 1 spiro atoms. The molecule has 2 aromatic carbocycles. The Hall–Kier alpha value is -3.36. The molecule has 7 nitrogen and oxygen atoms in total. The number of fused-ring (bicyclic) bond motifs is 1. The Balaban J connectivity index is 1.38. The zero-order valence-electron chi connectivity index (χ0n) is 20.3. The molecule has 1 aliphatic heterocycles. The van der Waals surface area contributed by atoms with Crippen molar-refractivity contribution >= 4 is 34.5 Å². The number of methoxy groups -OCH3 is 2. The number of nitrogens with zero attached hydrogens (tertiary/aromatic N) is 1. The zero-order valence-corrected chi connectivity index (χ0v) is 21.9. The number of benzene rings is 2. The van der Waals surface area contributed by atoms with Crippen molar-refractivity contribution < 1.29 is 23.8 Å². The Kier molecular flexibility index (Phi) is 6.26. The maximum absolute atomic E-state index is 13.6. The van der Waals surface area contributed by atoms with Gasteiger partial charge in [-0.15, -0.1) is 11.3 Å². The first-order valence-electron chi connectivity index (χ1n) is 11.5. The minimum absolute atomic E-state index is 0.122. The first-order chi connectivity index (χ1) is 17.3. The molecule has 1 N–H and O–H groups in total. The molecule has 0 saturated heterocycles. The lowest BCUT2D eigenvalue weighted by Gasteiger charge is -2.35. The van der Waals surface area contributed by atoms with Crippen molar-refractivity contribution in [2.24, 2.45) is 5.92 Å². The van der Waals surface area contributed by atoms with Crippen LogP contribution in [0.5, 0.6) is 17.2 Å². The molecule has 0 bridgehead atoms. The number of ketones is 2. The highest BCUT2D eigenvalue weighted by Gasteiger charge is 2.60. The van der Waals surface area contributed by atoms with E-state index in [1.54, 1.807) is 11.3 Å². The van der Waals surface area contributed by atoms with Crippen molar-refractivity contribution in [1.82, 2.24) is 10.3 Å². The molecule has 0 unspecified atom stereocenters. The highest BCUT2D eigenvalue weighted by Crippen LogP contribution is 2.52. The van der Waals surface area contributed by atoms with E-state index < -0.39 is 23.1 Å². The number of Topliss-reactive ketones (excluding diaryl/α,β-unsaturated/α-hetero) is 1. The summed E-state index contributed by atoms with van der Waals surface area (Å²) in [5.41, 5.74) is 2.34. The van der Waals surface area contributed by atoms with Crippen LogP contribution >= 0.6 is 22.9 Å². The first kappa shape index (κ1) is 24.3. The van der Waals surface area contributed by atoms with Gasteiger partial charge in [0.1, 0.15) is 27.1 Å². The number of hydrogen-bond donors (Lipinski definition) is 1. The van der Waals surface area contributed by atoms with Gasteiger partial charge in [0.25, 0.3) is 0 Å². The minimum atomic E-state index is -1.68. The standard InChI is InChI=1S/C27H25ClN2O5S/c1-14-8-18(29-12-16-6-5-7-17(9-16)26-30-15(2)13-36-26)10-21(31)27(14)25(32)22-19(33-3)11-20(34-4)23(28)24(22)35-27/h5-7,9-11,13-14,29H,8,12H2,1-4H3/t14-,27+/m1/s1. The summed E-state index contributed by atoms with van der Waals surface area (Å²) >= 11 is 8.06. The molecule has 2 aliphatic rings. The fraction of sp³-hybridized carbons (Fsp3) is 0.296. The number of nitrogens with one attached hydrogen (secondary N) is 1. The minimum Gasteiger partial charge on any atom is -0.496 e. The monoisotopic (exact) mass is 524 g/mol. The van der Waals surface area contributed by atoms with E-state index in [2.05, 4.69) is 16.4 Å². The van der Waals surface area contributed by atoms with Gasteiger partial charge < -0.3 is 19.5 Å². The normalized spacial score (nSPS) is 20.7. The van der Waals surface area contributed by atoms with Crippen molar-refractivity contribution in [3.05, 3.63) is 69.3 Å². The van der Waals surface area contributed by atoms with Gasteiger partial charge in [-0.2, -0.15) is 0 Å². The van der Waals surface area contributed by atoms with E-state index in [1.165, 1.54) is 26.4 Å². The van der Waals surface area contributed by atoms with Crippen LogP contribution in [-0.4, -0.2) is 36.4 Å². The molecule has 3 aromatic rings. The molecule has 0 saturated carbocycles. The Morgan fingerprint density at radius 2 is 2.00 bits per heavy atom. The average molecular weight is 525 g/mol. The Labute approximate surface area is 218 Å². The molecule has 0 amide bonds. The van der Waals surface area contributed by atoms with E-state index in [1.807, 2.05) is 37.4 Å². The zero-order chi connectivity index (χ0) is 25.6. The fourth-order valence-corrected chi connectivity index (χ4v) is 5.83. The summed E-state index contributed by atoms with van der Waals surface area (Å²) in [5, 5.41) is 6.50. The molecular weight excluding hydrogens is 500 g/mol. The lowest BCUT2D eigenvalue weighted by Crippen LogP contribution is -2.55. The molecule has 2 heterocycles. The number of carbonyl (C=O) groups excluding carboxylic acids is 2. The van der Waals surface area contributed by atoms with Crippen LogP contribution in [0.4, 0.5) is 0 Å². The quantitative estimate of drug-likeness (QED) is 0.433. The first-order valence-corrected chi connectivity index (χ1v) is 12.7. The van der Waals surface area contributed by atoms with Crippen LogP contribution in [0.2, 0.25) is 5.02 Å². The van der Waals surface area contributed by atoms with Gasteiger partial charge in [0, 0.05) is 46.9 Å². The number of hydrogen-bond acceptors (Lipinski definition) is 8. The maximum atomic E-state index is 13.6. The molecule has 0 radical (unpaired) electrons. The van der Waals surface area contributed by atoms with Gasteiger partial charge in [-0.25, -0.2) is 4.98 Å². The Morgan fingerprint density at radius 1 is 1.22 bits per heavy atom. The summed E-state index contributed by atoms with van der Waals surface area (Å²) in [4.78, 5) is 31.6. The third-order valence-corrected chi connectivity index (χ3v) is 7.99. The number of allylic oxidation sites excluding steroid dienone is 1. The molecule has 9 heteroatoms. The van der Waals surface area contributed by atoms with E-state index >= 15 is 0 Å². The third-order valence-electron chi connectivity index (χ3n) is 6.62. The molecule has 5 rings (SSSR count). The number of aromatic nitrogens is 1. The topological polar surface area (TPSA) is 86.8 Å². The Bertz CT molecular complexity index is 1420. The van der Waals surface area contributed by atoms with Gasteiger partial charge in [-0.3, -0.25) is 9.59 Å². The third kappa shape index (κ3) is 3.85. The average Bonchev–Trinajstić information content (AvgIpc) is 3.44. The number of aryl methyl sites for hydroxylation is 1. The lowest BCUT2D eigenvalue weighted by atomic mass is 9.74. The van der Waals surface area contributed by atoms with Crippen molar-refractivity contribution in [3.8, 4) is 27.8 Å². The van der Waals surface area contributed by atoms with Gasteiger partial charge in [0.05, 0.1) is 14.2 Å². The SMILES string of the molecule is COc1cc(OC)c2c(c1Cl)O[C@@]1(C(=O)C=C(NCc3cccc(-c4nc(C)cs4)c3)C[C@H]1C)C2=O. The van der Waals surface area contributed by atoms with Gasteiger partial charge in [-0.1, -0.05) is 36.7 Å². The van der Waals surface area contributed by atoms with Crippen LogP contribution in [0.25, 0.3) is 10.6 Å². The highest BCUT2D eigenvalue weighted by molar-refractivity contribution is 7.13. The van der Waals surface area contributed by atoms with E-state index in [0.29, 0.717) is 18.7 Å². The van der Waals surface area contributed by atoms with Gasteiger partial charge in [-0.05, 0) is 25.0 Å². The van der Waals surface area contributed by atoms with E-state index in [4.69, 9.17) is 25.8 Å². The van der Waals surface area contributed by atoms with Gasteiger partial charge in [0.2, 0.25) is 17.2 Å². The van der Waals surface area contributed by atoms with E-state index in [-0.39, 0.29) is 22.1 Å². The summed E-state index contributed by atoms with van der Waals surface area (Å²) in [6.45, 7) is 4.34. The van der Waals surface area contributed by atoms with E-state index in [9.17, 15) is 9.59 Å². The molecule has 186 valence electrons. The van der Waals surface area contributed by atoms with Crippen molar-refractivity contribution in [3.63, 3.8) is 0 Å². The second kappa shape index (κ2) is 9.26. The summed E-state index contributed by atoms with van der Waals surface area (Å²) in [7, 11) is 2.91. The fourth-order valence-electron chi connectivity index (χ4n) is 4.77. The van der Waals surface area contributed by atoms with Crippen molar-refractivity contribution in [2.75, 3.05) is 14.2 Å². The largest absolute Gasteiger partial charge is 0.496 e. The molecule has 1 aliphatic carbocycles. The molecule has 2 atom stereocenters. The van der Waals surface area contributed by atoms with Crippen LogP contribution in [0, 0.1) is 12.8 Å². The van der Waals surface area contributed by atoms with Crippen molar-refractivity contribution in [2.45, 2.75) is 32.4 Å². The van der Waals surface area contributed by atoms with Gasteiger partial charge in [0.15, 0.2) is 5.75 Å². The summed E-state index contributed by atoms with van der Waals surface area (Å²) in [6, 6.07) is 9.67. The summed E-state index contributed by atoms with van der Waals surface area (Å²) < 4.78 is 16.8. The Morgan fingerprint density at radius 3 is 2.67 bits per heavy atom. The predicted octanol–water partition coefficient (Wildman–Crippen LogP) is 5.39. The maximum Gasteiger partial charge on any atom is 0.236 e. The number of rotatable bonds is 6. The number of thiazole rings is 1. The number of halogens is 1. The van der Waals surface area contributed by atoms with Crippen LogP contribution in [0.1, 0.15) is 35.0 Å². The van der Waals surface area contributed by atoms with Crippen LogP contribution in [0.15, 0.2) is 47.5 Å². The smallest absolute Gasteiger partial charge is 0.236 e. The molecular formula is C27H25ClN2O5S. The molecule has 1 aromatic heterocycles. The second-order valence-electron chi connectivity index (χ2n) is 8.95. The summed E-state index contributed by atoms with van der Waals surface area (Å²) in [5.74, 6) is -0.615. The van der Waals surface area contributed by atoms with Crippen LogP contribution < -0.4 is 19.5 Å². The van der Waals surface area contributed by atoms with E-state index in [0.717, 1.165) is 27.5 Å². The lowest BCUT2D eigenvalue weighted by molar-refractivity contribution is -0.129. The second-order valence-corrected chi connectivity index (χ2v) is 10.2. The van der Waals surface area contributed by atoms with Crippen LogP contribution in [-0.2, 0) is 11.3 Å². The molecule has 36 heavy (non-hydrogen) atoms. The predicted molar refractivity (Wildman–Crippen MR) is 138 cm³/mol. The number of carbonyl (C=O) groups is 2.